The van der Waals surface area contributed by atoms with E-state index in [0.29, 0.717) is 18.9 Å². The van der Waals surface area contributed by atoms with Gasteiger partial charge in [0.1, 0.15) is 11.6 Å². The Morgan fingerprint density at radius 3 is 2.46 bits per heavy atom. The largest absolute Gasteiger partial charge is 0.493 e. The molecule has 0 aliphatic heterocycles. The van der Waals surface area contributed by atoms with E-state index >= 15 is 0 Å². The van der Waals surface area contributed by atoms with E-state index in [9.17, 15) is 4.79 Å². The highest BCUT2D eigenvalue weighted by atomic mass is 32.2. The third kappa shape index (κ3) is 6.86. The molecule has 2 aromatic rings. The highest BCUT2D eigenvalue weighted by Gasteiger charge is 2.15. The van der Waals surface area contributed by atoms with Gasteiger partial charge in [-0.15, -0.1) is 10.2 Å². The summed E-state index contributed by atoms with van der Waals surface area (Å²) in [5.74, 6) is 2.60. The van der Waals surface area contributed by atoms with Crippen molar-refractivity contribution in [1.82, 2.24) is 14.8 Å². The van der Waals surface area contributed by atoms with Gasteiger partial charge in [-0.05, 0) is 29.0 Å². The van der Waals surface area contributed by atoms with Gasteiger partial charge < -0.3 is 15.0 Å². The SMILES string of the molecule is CC(C)Cn1c(CCC(N)=O)nnc1SCCOc1ccc(C(C)(C)C)cc1. The van der Waals surface area contributed by atoms with Crippen LogP contribution in [-0.2, 0) is 23.2 Å². The van der Waals surface area contributed by atoms with Crippen LogP contribution in [-0.4, -0.2) is 33.0 Å². The molecule has 6 nitrogen and oxygen atoms in total. The van der Waals surface area contributed by atoms with Crippen LogP contribution in [0.25, 0.3) is 0 Å². The molecule has 0 spiro atoms. The maximum atomic E-state index is 11.1. The Morgan fingerprint density at radius 1 is 1.21 bits per heavy atom. The van der Waals surface area contributed by atoms with Crippen LogP contribution in [0.5, 0.6) is 5.75 Å². The molecule has 0 saturated heterocycles. The summed E-state index contributed by atoms with van der Waals surface area (Å²) in [6.07, 6.45) is 0.806. The number of primary amides is 1. The minimum absolute atomic E-state index is 0.140. The predicted octanol–water partition coefficient (Wildman–Crippen LogP) is 3.82. The Balaban J connectivity index is 1.90. The van der Waals surface area contributed by atoms with Gasteiger partial charge in [-0.2, -0.15) is 0 Å². The molecule has 0 atom stereocenters. The second-order valence-electron chi connectivity index (χ2n) is 8.34. The van der Waals surface area contributed by atoms with Crippen molar-refractivity contribution in [2.45, 2.75) is 64.6 Å². The number of ether oxygens (including phenoxy) is 1. The summed E-state index contributed by atoms with van der Waals surface area (Å²) in [5, 5.41) is 9.41. The summed E-state index contributed by atoms with van der Waals surface area (Å²) in [6, 6.07) is 8.28. The Hall–Kier alpha value is -2.02. The monoisotopic (exact) mass is 404 g/mol. The van der Waals surface area contributed by atoms with E-state index in [0.717, 1.165) is 29.0 Å². The summed E-state index contributed by atoms with van der Waals surface area (Å²) in [6.45, 7) is 12.3. The molecule has 7 heteroatoms. The molecule has 2 N–H and O–H groups in total. The van der Waals surface area contributed by atoms with E-state index in [1.807, 2.05) is 12.1 Å². The summed E-state index contributed by atoms with van der Waals surface area (Å²) < 4.78 is 7.96. The predicted molar refractivity (Wildman–Crippen MR) is 114 cm³/mol. The van der Waals surface area contributed by atoms with Crippen LogP contribution in [0.3, 0.4) is 0 Å². The normalized spacial score (nSPS) is 11.8. The van der Waals surface area contributed by atoms with Crippen molar-refractivity contribution >= 4 is 17.7 Å². The number of carbonyl (C=O) groups excluding carboxylic acids is 1. The molecule has 28 heavy (non-hydrogen) atoms. The second kappa shape index (κ2) is 9.96. The van der Waals surface area contributed by atoms with E-state index in [1.54, 1.807) is 11.8 Å². The van der Waals surface area contributed by atoms with Crippen molar-refractivity contribution in [2.24, 2.45) is 11.7 Å². The average Bonchev–Trinajstić information content (AvgIpc) is 2.97. The quantitative estimate of drug-likeness (QED) is 0.481. The van der Waals surface area contributed by atoms with Crippen LogP contribution in [0.4, 0.5) is 0 Å². The van der Waals surface area contributed by atoms with Crippen LogP contribution in [0.2, 0.25) is 0 Å². The molecule has 154 valence electrons. The summed E-state index contributed by atoms with van der Waals surface area (Å²) >= 11 is 1.62. The first-order valence-electron chi connectivity index (χ1n) is 9.73. The van der Waals surface area contributed by atoms with Gasteiger partial charge in [-0.3, -0.25) is 4.79 Å². The maximum Gasteiger partial charge on any atom is 0.217 e. The molecule has 0 aliphatic carbocycles. The number of nitrogens with zero attached hydrogens (tertiary/aromatic N) is 3. The highest BCUT2D eigenvalue weighted by Crippen LogP contribution is 2.25. The van der Waals surface area contributed by atoms with Crippen molar-refractivity contribution in [2.75, 3.05) is 12.4 Å². The number of aromatic nitrogens is 3. The number of amides is 1. The smallest absolute Gasteiger partial charge is 0.217 e. The third-order valence-corrected chi connectivity index (χ3v) is 5.17. The Bertz CT molecular complexity index is 764. The molecule has 0 aliphatic rings. The number of hydrogen-bond acceptors (Lipinski definition) is 5. The van der Waals surface area contributed by atoms with Gasteiger partial charge in [0.15, 0.2) is 5.16 Å². The summed E-state index contributed by atoms with van der Waals surface area (Å²) in [7, 11) is 0. The van der Waals surface area contributed by atoms with Crippen LogP contribution >= 0.6 is 11.8 Å². The molecule has 1 amide bonds. The zero-order valence-electron chi connectivity index (χ0n) is 17.6. The summed E-state index contributed by atoms with van der Waals surface area (Å²) in [5.41, 5.74) is 6.70. The van der Waals surface area contributed by atoms with Crippen molar-refractivity contribution in [3.05, 3.63) is 35.7 Å². The lowest BCUT2D eigenvalue weighted by atomic mass is 9.87. The highest BCUT2D eigenvalue weighted by molar-refractivity contribution is 7.99. The zero-order valence-corrected chi connectivity index (χ0v) is 18.4. The van der Waals surface area contributed by atoms with Crippen molar-refractivity contribution in [3.63, 3.8) is 0 Å². The van der Waals surface area contributed by atoms with Gasteiger partial charge >= 0.3 is 0 Å². The van der Waals surface area contributed by atoms with E-state index in [1.165, 1.54) is 5.56 Å². The number of nitrogens with two attached hydrogens (primary N) is 1. The molecule has 0 unspecified atom stereocenters. The van der Waals surface area contributed by atoms with E-state index in [-0.39, 0.29) is 17.7 Å². The lowest BCUT2D eigenvalue weighted by molar-refractivity contribution is -0.118. The molecule has 0 fully saturated rings. The average molecular weight is 405 g/mol. The Labute approximate surface area is 172 Å². The molecule has 1 aromatic carbocycles. The fraction of sp³-hybridized carbons (Fsp3) is 0.571. The number of benzene rings is 1. The van der Waals surface area contributed by atoms with E-state index < -0.39 is 0 Å². The molecular formula is C21H32N4O2S. The van der Waals surface area contributed by atoms with Gasteiger partial charge in [0.2, 0.25) is 5.91 Å². The van der Waals surface area contributed by atoms with Crippen LogP contribution in [0.15, 0.2) is 29.4 Å². The standard InChI is InChI=1S/C21H32N4O2S/c1-15(2)14-25-19(11-10-18(22)26)23-24-20(25)28-13-12-27-17-8-6-16(7-9-17)21(3,4)5/h6-9,15H,10-14H2,1-5H3,(H2,22,26). The fourth-order valence-electron chi connectivity index (χ4n) is 2.74. The first-order valence-corrected chi connectivity index (χ1v) is 10.7. The minimum Gasteiger partial charge on any atom is -0.493 e. The van der Waals surface area contributed by atoms with Crippen LogP contribution in [0, 0.1) is 5.92 Å². The fourth-order valence-corrected chi connectivity index (χ4v) is 3.52. The Kier molecular flexibility index (Phi) is 7.92. The van der Waals surface area contributed by atoms with Crippen LogP contribution < -0.4 is 10.5 Å². The molecule has 1 heterocycles. The number of thioether (sulfide) groups is 1. The maximum absolute atomic E-state index is 11.1. The lowest BCUT2D eigenvalue weighted by Crippen LogP contribution is -2.15. The van der Waals surface area contributed by atoms with Crippen molar-refractivity contribution in [1.29, 1.82) is 0 Å². The molecule has 2 rings (SSSR count). The van der Waals surface area contributed by atoms with Gasteiger partial charge in [0, 0.05) is 25.1 Å². The van der Waals surface area contributed by atoms with Gasteiger partial charge in [0.05, 0.1) is 6.61 Å². The minimum atomic E-state index is -0.320. The molecule has 0 saturated carbocycles. The zero-order chi connectivity index (χ0) is 20.7. The lowest BCUT2D eigenvalue weighted by Gasteiger charge is -2.19. The van der Waals surface area contributed by atoms with Crippen molar-refractivity contribution in [3.8, 4) is 5.75 Å². The van der Waals surface area contributed by atoms with E-state index in [2.05, 4.69) is 61.5 Å². The first kappa shape index (κ1) is 22.3. The van der Waals surface area contributed by atoms with Crippen LogP contribution in [0.1, 0.15) is 52.4 Å². The number of carbonyl (C=O) groups is 1. The van der Waals surface area contributed by atoms with Gasteiger partial charge in [0.25, 0.3) is 0 Å². The van der Waals surface area contributed by atoms with Crippen molar-refractivity contribution < 1.29 is 9.53 Å². The van der Waals surface area contributed by atoms with Gasteiger partial charge in [-0.25, -0.2) is 0 Å². The molecule has 0 radical (unpaired) electrons. The third-order valence-electron chi connectivity index (χ3n) is 4.24. The van der Waals surface area contributed by atoms with Gasteiger partial charge in [-0.1, -0.05) is 58.5 Å². The second-order valence-corrected chi connectivity index (χ2v) is 9.40. The summed E-state index contributed by atoms with van der Waals surface area (Å²) in [4.78, 5) is 11.1. The molecule has 0 bridgehead atoms. The first-order chi connectivity index (χ1) is 13.2. The number of aryl methyl sites for hydroxylation is 1. The molecular weight excluding hydrogens is 372 g/mol. The Morgan fingerprint density at radius 2 is 1.89 bits per heavy atom. The molecule has 1 aromatic heterocycles. The topological polar surface area (TPSA) is 83.0 Å². The number of rotatable bonds is 10. The number of hydrogen-bond donors (Lipinski definition) is 1. The van der Waals surface area contributed by atoms with E-state index in [4.69, 9.17) is 10.5 Å².